The first-order chi connectivity index (χ1) is 13.0. The lowest BCUT2D eigenvalue weighted by molar-refractivity contribution is -0.385. The van der Waals surface area contributed by atoms with Gasteiger partial charge in [0.25, 0.3) is 11.6 Å². The molecule has 0 bridgehead atoms. The summed E-state index contributed by atoms with van der Waals surface area (Å²) in [7, 11) is 0. The quantitative estimate of drug-likeness (QED) is 0.586. The molecular formula is C19H17ClN2O5. The minimum absolute atomic E-state index is 0.0499. The van der Waals surface area contributed by atoms with Gasteiger partial charge in [0.15, 0.2) is 11.5 Å². The van der Waals surface area contributed by atoms with Crippen LogP contribution >= 0.6 is 11.6 Å². The second-order valence-corrected chi connectivity index (χ2v) is 6.91. The predicted molar refractivity (Wildman–Crippen MR) is 98.5 cm³/mol. The zero-order valence-electron chi connectivity index (χ0n) is 14.4. The minimum Gasteiger partial charge on any atom is -0.486 e. The lowest BCUT2D eigenvalue weighted by atomic mass is 10.0. The number of likely N-dealkylation sites (tertiary alicyclic amines) is 1. The number of carbonyl (C=O) groups excluding carboxylic acids is 1. The minimum atomic E-state index is -0.575. The van der Waals surface area contributed by atoms with Gasteiger partial charge in [-0.3, -0.25) is 14.9 Å². The van der Waals surface area contributed by atoms with E-state index in [9.17, 15) is 14.9 Å². The van der Waals surface area contributed by atoms with E-state index in [0.29, 0.717) is 31.3 Å². The van der Waals surface area contributed by atoms with Gasteiger partial charge in [-0.25, -0.2) is 0 Å². The molecule has 8 heteroatoms. The molecule has 0 aromatic heterocycles. The van der Waals surface area contributed by atoms with Crippen molar-refractivity contribution in [3.63, 3.8) is 0 Å². The van der Waals surface area contributed by atoms with Crippen molar-refractivity contribution in [2.24, 2.45) is 0 Å². The molecule has 1 saturated heterocycles. The fourth-order valence-electron chi connectivity index (χ4n) is 3.61. The van der Waals surface area contributed by atoms with Gasteiger partial charge in [0.2, 0.25) is 0 Å². The Kier molecular flexibility index (Phi) is 4.61. The molecule has 0 spiro atoms. The highest BCUT2D eigenvalue weighted by molar-refractivity contribution is 6.31. The van der Waals surface area contributed by atoms with Crippen LogP contribution in [0.15, 0.2) is 36.4 Å². The molecule has 1 amide bonds. The summed E-state index contributed by atoms with van der Waals surface area (Å²) in [5.41, 5.74) is 0.705. The van der Waals surface area contributed by atoms with E-state index in [-0.39, 0.29) is 28.2 Å². The smallest absolute Gasteiger partial charge is 0.283 e. The van der Waals surface area contributed by atoms with E-state index >= 15 is 0 Å². The largest absolute Gasteiger partial charge is 0.486 e. The van der Waals surface area contributed by atoms with Crippen LogP contribution in [0.3, 0.4) is 0 Å². The van der Waals surface area contributed by atoms with E-state index in [4.69, 9.17) is 21.1 Å². The van der Waals surface area contributed by atoms with Crippen LogP contribution in [0.1, 0.15) is 34.8 Å². The maximum atomic E-state index is 13.1. The molecule has 2 aliphatic rings. The van der Waals surface area contributed by atoms with E-state index < -0.39 is 4.92 Å². The first-order valence-electron chi connectivity index (χ1n) is 8.69. The number of nitro benzene ring substituents is 1. The topological polar surface area (TPSA) is 81.9 Å². The summed E-state index contributed by atoms with van der Waals surface area (Å²) in [5, 5.41) is 11.6. The van der Waals surface area contributed by atoms with E-state index in [2.05, 4.69) is 0 Å². The van der Waals surface area contributed by atoms with E-state index in [1.54, 1.807) is 4.90 Å². The van der Waals surface area contributed by atoms with Gasteiger partial charge in [0.1, 0.15) is 18.8 Å². The number of fused-ring (bicyclic) bond motifs is 1. The molecular weight excluding hydrogens is 372 g/mol. The molecule has 2 aliphatic heterocycles. The molecule has 140 valence electrons. The number of hydrogen-bond donors (Lipinski definition) is 0. The third kappa shape index (κ3) is 3.30. The van der Waals surface area contributed by atoms with E-state index in [1.807, 2.05) is 18.2 Å². The highest BCUT2D eigenvalue weighted by atomic mass is 35.5. The molecule has 27 heavy (non-hydrogen) atoms. The number of amides is 1. The number of nitrogens with zero attached hydrogens (tertiary/aromatic N) is 2. The number of ether oxygens (including phenoxy) is 2. The van der Waals surface area contributed by atoms with Crippen molar-refractivity contribution < 1.29 is 19.2 Å². The molecule has 4 rings (SSSR count). The predicted octanol–water partition coefficient (Wildman–Crippen LogP) is 4.00. The highest BCUT2D eigenvalue weighted by Gasteiger charge is 2.34. The average Bonchev–Trinajstić information content (AvgIpc) is 3.16. The Balaban J connectivity index is 1.66. The van der Waals surface area contributed by atoms with Crippen LogP contribution in [-0.4, -0.2) is 35.5 Å². The zero-order chi connectivity index (χ0) is 19.0. The van der Waals surface area contributed by atoms with Crippen molar-refractivity contribution in [2.75, 3.05) is 19.8 Å². The lowest BCUT2D eigenvalue weighted by Gasteiger charge is -2.26. The highest BCUT2D eigenvalue weighted by Crippen LogP contribution is 2.39. The number of rotatable bonds is 3. The molecule has 0 saturated carbocycles. The molecule has 0 radical (unpaired) electrons. The number of halogens is 1. The van der Waals surface area contributed by atoms with Crippen LogP contribution in [0.5, 0.6) is 11.5 Å². The molecule has 1 unspecified atom stereocenters. The number of hydrogen-bond acceptors (Lipinski definition) is 5. The van der Waals surface area contributed by atoms with Crippen LogP contribution in [0.4, 0.5) is 5.69 Å². The van der Waals surface area contributed by atoms with Gasteiger partial charge in [-0.1, -0.05) is 17.7 Å². The summed E-state index contributed by atoms with van der Waals surface area (Å²) >= 11 is 5.86. The van der Waals surface area contributed by atoms with Crippen LogP contribution in [0, 0.1) is 10.1 Å². The van der Waals surface area contributed by atoms with Crippen LogP contribution in [0.2, 0.25) is 5.02 Å². The van der Waals surface area contributed by atoms with Gasteiger partial charge >= 0.3 is 0 Å². The van der Waals surface area contributed by atoms with Gasteiger partial charge in [0, 0.05) is 17.6 Å². The van der Waals surface area contributed by atoms with E-state index in [0.717, 1.165) is 18.4 Å². The summed E-state index contributed by atoms with van der Waals surface area (Å²) < 4.78 is 11.2. The van der Waals surface area contributed by atoms with Crippen molar-refractivity contribution >= 4 is 23.2 Å². The Morgan fingerprint density at radius 3 is 2.70 bits per heavy atom. The standard InChI is InChI=1S/C19H17ClN2O5/c20-13-4-5-14(16(11-13)22(24)25)19(23)21-7-1-2-15(21)12-3-6-17-18(10-12)27-9-8-26-17/h3-6,10-11,15H,1-2,7-9H2. The SMILES string of the molecule is O=C(c1ccc(Cl)cc1[N+](=O)[O-])N1CCCC1c1ccc2c(c1)OCCO2. The van der Waals surface area contributed by atoms with Crippen molar-refractivity contribution in [1.82, 2.24) is 4.90 Å². The Morgan fingerprint density at radius 2 is 1.93 bits per heavy atom. The summed E-state index contributed by atoms with van der Waals surface area (Å²) in [5.74, 6) is 0.987. The number of nitro groups is 1. The first-order valence-corrected chi connectivity index (χ1v) is 9.07. The fourth-order valence-corrected chi connectivity index (χ4v) is 3.78. The zero-order valence-corrected chi connectivity index (χ0v) is 15.1. The van der Waals surface area contributed by atoms with Crippen molar-refractivity contribution in [1.29, 1.82) is 0 Å². The third-order valence-electron chi connectivity index (χ3n) is 4.85. The molecule has 2 heterocycles. The number of carbonyl (C=O) groups is 1. The summed E-state index contributed by atoms with van der Waals surface area (Å²) in [4.78, 5) is 25.5. The Morgan fingerprint density at radius 1 is 1.15 bits per heavy atom. The third-order valence-corrected chi connectivity index (χ3v) is 5.09. The second kappa shape index (κ2) is 7.08. The Bertz CT molecular complexity index is 917. The van der Waals surface area contributed by atoms with Gasteiger partial charge < -0.3 is 14.4 Å². The summed E-state index contributed by atoms with van der Waals surface area (Å²) in [6, 6.07) is 9.61. The Labute approximate surface area is 160 Å². The van der Waals surface area contributed by atoms with E-state index in [1.165, 1.54) is 18.2 Å². The van der Waals surface area contributed by atoms with Crippen molar-refractivity contribution in [3.8, 4) is 11.5 Å². The second-order valence-electron chi connectivity index (χ2n) is 6.48. The monoisotopic (exact) mass is 388 g/mol. The van der Waals surface area contributed by atoms with Crippen molar-refractivity contribution in [2.45, 2.75) is 18.9 Å². The molecule has 1 fully saturated rings. The maximum Gasteiger partial charge on any atom is 0.283 e. The molecule has 2 aromatic rings. The van der Waals surface area contributed by atoms with Crippen LogP contribution in [-0.2, 0) is 0 Å². The molecule has 1 atom stereocenters. The normalized spacial score (nSPS) is 18.4. The van der Waals surface area contributed by atoms with Gasteiger partial charge in [-0.15, -0.1) is 0 Å². The van der Waals surface area contributed by atoms with Gasteiger partial charge in [0.05, 0.1) is 11.0 Å². The van der Waals surface area contributed by atoms with Crippen LogP contribution in [0.25, 0.3) is 0 Å². The summed E-state index contributed by atoms with van der Waals surface area (Å²) in [6.07, 6.45) is 1.61. The van der Waals surface area contributed by atoms with Gasteiger partial charge in [-0.05, 0) is 42.7 Å². The molecule has 2 aromatic carbocycles. The molecule has 0 aliphatic carbocycles. The first kappa shape index (κ1) is 17.6. The average molecular weight is 389 g/mol. The van der Waals surface area contributed by atoms with Crippen molar-refractivity contribution in [3.05, 3.63) is 62.7 Å². The molecule has 7 nitrogen and oxygen atoms in total. The Hall–Kier alpha value is -2.80. The number of benzene rings is 2. The summed E-state index contributed by atoms with van der Waals surface area (Å²) in [6.45, 7) is 1.54. The van der Waals surface area contributed by atoms with Crippen LogP contribution < -0.4 is 9.47 Å². The lowest BCUT2D eigenvalue weighted by Crippen LogP contribution is -2.31. The molecule has 0 N–H and O–H groups in total. The fraction of sp³-hybridized carbons (Fsp3) is 0.316. The maximum absolute atomic E-state index is 13.1. The van der Waals surface area contributed by atoms with Gasteiger partial charge in [-0.2, -0.15) is 0 Å².